The van der Waals surface area contributed by atoms with Gasteiger partial charge in [0.05, 0.1) is 0 Å². The van der Waals surface area contributed by atoms with Gasteiger partial charge in [-0.2, -0.15) is 0 Å². The topological polar surface area (TPSA) is 3.24 Å². The molecule has 0 radical (unpaired) electrons. The second kappa shape index (κ2) is 1.81. The van der Waals surface area contributed by atoms with E-state index in [0.717, 1.165) is 0 Å². The molecule has 0 aromatic heterocycles. The molecule has 0 fully saturated rings. The van der Waals surface area contributed by atoms with Gasteiger partial charge in [-0.15, -0.1) is 0 Å². The van der Waals surface area contributed by atoms with E-state index in [4.69, 9.17) is 0 Å². The van der Waals surface area contributed by atoms with Crippen molar-refractivity contribution in [3.63, 3.8) is 0 Å². The van der Waals surface area contributed by atoms with Crippen LogP contribution < -0.4 is 0 Å². The van der Waals surface area contributed by atoms with Crippen LogP contribution in [0.4, 0.5) is 0 Å². The molecule has 0 unspecified atom stereocenters. The monoisotopic (exact) mass is 111 g/mol. The third-order valence-corrected chi connectivity index (χ3v) is 1.48. The zero-order valence-corrected chi connectivity index (χ0v) is 5.81. The summed E-state index contributed by atoms with van der Waals surface area (Å²) in [6, 6.07) is 0.693. The maximum absolute atomic E-state index is 2.33. The molecule has 46 valence electrons. The largest absolute Gasteiger partial charge is 0.371 e. The summed E-state index contributed by atoms with van der Waals surface area (Å²) in [6.45, 7) is 7.77. The minimum atomic E-state index is 0.693. The van der Waals surface area contributed by atoms with E-state index in [-0.39, 0.29) is 0 Å². The van der Waals surface area contributed by atoms with Gasteiger partial charge in [-0.25, -0.2) is 0 Å². The summed E-state index contributed by atoms with van der Waals surface area (Å²) in [5.41, 5.74) is 1.50. The molecule has 1 nitrogen and oxygen atoms in total. The highest BCUT2D eigenvalue weighted by atomic mass is 15.2. The lowest BCUT2D eigenvalue weighted by atomic mass is 10.1. The van der Waals surface area contributed by atoms with Crippen LogP contribution in [0.5, 0.6) is 0 Å². The molecule has 1 aliphatic heterocycles. The van der Waals surface area contributed by atoms with Crippen LogP contribution in [0.15, 0.2) is 11.8 Å². The first-order valence-electron chi connectivity index (χ1n) is 3.13. The molecule has 0 aromatic carbocycles. The summed E-state index contributed by atoms with van der Waals surface area (Å²) in [5.74, 6) is 0. The Morgan fingerprint density at radius 1 is 1.62 bits per heavy atom. The fourth-order valence-corrected chi connectivity index (χ4v) is 0.877. The normalized spacial score (nSPS) is 18.5. The Balaban J connectivity index is 2.36. The molecule has 0 saturated carbocycles. The van der Waals surface area contributed by atoms with Gasteiger partial charge in [0.2, 0.25) is 0 Å². The number of hydrogen-bond donors (Lipinski definition) is 0. The van der Waals surface area contributed by atoms with Crippen molar-refractivity contribution < 1.29 is 0 Å². The van der Waals surface area contributed by atoms with E-state index in [1.165, 1.54) is 12.1 Å². The Hall–Kier alpha value is -0.460. The molecule has 0 atom stereocenters. The molecule has 1 rings (SSSR count). The fraction of sp³-hybridized carbons (Fsp3) is 0.714. The molecule has 0 aliphatic carbocycles. The zero-order chi connectivity index (χ0) is 6.15. The van der Waals surface area contributed by atoms with Gasteiger partial charge >= 0.3 is 0 Å². The highest BCUT2D eigenvalue weighted by Crippen LogP contribution is 2.14. The van der Waals surface area contributed by atoms with E-state index in [2.05, 4.69) is 31.9 Å². The molecule has 1 aliphatic rings. The van der Waals surface area contributed by atoms with Crippen molar-refractivity contribution in [1.82, 2.24) is 4.90 Å². The molecular weight excluding hydrogens is 98.1 g/mol. The van der Waals surface area contributed by atoms with E-state index in [1.807, 2.05) is 0 Å². The molecule has 0 amide bonds. The lowest BCUT2D eigenvalue weighted by Gasteiger charge is -2.33. The molecule has 0 aromatic rings. The van der Waals surface area contributed by atoms with Crippen LogP contribution in [0.1, 0.15) is 20.8 Å². The zero-order valence-electron chi connectivity index (χ0n) is 5.81. The Morgan fingerprint density at radius 3 is 2.25 bits per heavy atom. The SMILES string of the molecule is CC1=CN(C(C)C)C1. The molecular formula is C7H13N. The first kappa shape index (κ1) is 5.67. The van der Waals surface area contributed by atoms with Crippen LogP contribution in [-0.4, -0.2) is 17.5 Å². The predicted molar refractivity (Wildman–Crippen MR) is 35.6 cm³/mol. The second-order valence-electron chi connectivity index (χ2n) is 2.74. The summed E-state index contributed by atoms with van der Waals surface area (Å²) in [5, 5.41) is 0. The van der Waals surface area contributed by atoms with Crippen LogP contribution in [0.25, 0.3) is 0 Å². The van der Waals surface area contributed by atoms with Crippen molar-refractivity contribution in [3.8, 4) is 0 Å². The Morgan fingerprint density at radius 2 is 2.12 bits per heavy atom. The van der Waals surface area contributed by atoms with E-state index in [1.54, 1.807) is 0 Å². The lowest BCUT2D eigenvalue weighted by molar-refractivity contribution is 0.294. The van der Waals surface area contributed by atoms with Gasteiger partial charge in [0.25, 0.3) is 0 Å². The minimum Gasteiger partial charge on any atom is -0.371 e. The highest BCUT2D eigenvalue weighted by molar-refractivity contribution is 5.11. The Bertz CT molecular complexity index is 114. The van der Waals surface area contributed by atoms with Crippen LogP contribution in [-0.2, 0) is 0 Å². The predicted octanol–water partition coefficient (Wildman–Crippen LogP) is 1.61. The van der Waals surface area contributed by atoms with Gasteiger partial charge in [0.15, 0.2) is 0 Å². The third-order valence-electron chi connectivity index (χ3n) is 1.48. The van der Waals surface area contributed by atoms with Crippen molar-refractivity contribution in [2.24, 2.45) is 0 Å². The van der Waals surface area contributed by atoms with Gasteiger partial charge in [-0.1, -0.05) is 0 Å². The quantitative estimate of drug-likeness (QED) is 0.497. The summed E-state index contributed by atoms with van der Waals surface area (Å²) < 4.78 is 0. The maximum Gasteiger partial charge on any atom is 0.0400 e. The summed E-state index contributed by atoms with van der Waals surface area (Å²) in [4.78, 5) is 2.33. The van der Waals surface area contributed by atoms with Gasteiger partial charge in [0, 0.05) is 18.8 Å². The number of nitrogens with zero attached hydrogens (tertiary/aromatic N) is 1. The van der Waals surface area contributed by atoms with E-state index >= 15 is 0 Å². The average molecular weight is 111 g/mol. The van der Waals surface area contributed by atoms with Crippen LogP contribution >= 0.6 is 0 Å². The number of hydrogen-bond acceptors (Lipinski definition) is 1. The minimum absolute atomic E-state index is 0.693. The highest BCUT2D eigenvalue weighted by Gasteiger charge is 2.12. The van der Waals surface area contributed by atoms with Gasteiger partial charge in [0.1, 0.15) is 0 Å². The van der Waals surface area contributed by atoms with Crippen LogP contribution in [0.2, 0.25) is 0 Å². The van der Waals surface area contributed by atoms with Crippen molar-refractivity contribution in [1.29, 1.82) is 0 Å². The molecule has 0 saturated heterocycles. The fourth-order valence-electron chi connectivity index (χ4n) is 0.877. The van der Waals surface area contributed by atoms with Crippen LogP contribution in [0.3, 0.4) is 0 Å². The Kier molecular flexibility index (Phi) is 1.28. The van der Waals surface area contributed by atoms with Crippen molar-refractivity contribution >= 4 is 0 Å². The maximum atomic E-state index is 2.33. The standard InChI is InChI=1S/C7H13N/c1-6(2)8-4-7(3)5-8/h4,6H,5H2,1-3H3. The molecule has 0 N–H and O–H groups in total. The molecule has 0 spiro atoms. The first-order chi connectivity index (χ1) is 3.70. The molecule has 0 bridgehead atoms. The van der Waals surface area contributed by atoms with Gasteiger partial charge < -0.3 is 4.90 Å². The lowest BCUT2D eigenvalue weighted by Crippen LogP contribution is -2.34. The van der Waals surface area contributed by atoms with E-state index < -0.39 is 0 Å². The van der Waals surface area contributed by atoms with Gasteiger partial charge in [-0.3, -0.25) is 0 Å². The van der Waals surface area contributed by atoms with Crippen molar-refractivity contribution in [2.75, 3.05) is 6.54 Å². The number of rotatable bonds is 1. The third kappa shape index (κ3) is 0.857. The van der Waals surface area contributed by atoms with E-state index in [9.17, 15) is 0 Å². The van der Waals surface area contributed by atoms with Crippen molar-refractivity contribution in [3.05, 3.63) is 11.8 Å². The van der Waals surface area contributed by atoms with Crippen molar-refractivity contribution in [2.45, 2.75) is 26.8 Å². The second-order valence-corrected chi connectivity index (χ2v) is 2.74. The van der Waals surface area contributed by atoms with E-state index in [0.29, 0.717) is 6.04 Å². The average Bonchev–Trinajstić information content (AvgIpc) is 1.57. The molecule has 1 heterocycles. The first-order valence-corrected chi connectivity index (χ1v) is 3.13. The smallest absolute Gasteiger partial charge is 0.0400 e. The summed E-state index contributed by atoms with van der Waals surface area (Å²) >= 11 is 0. The van der Waals surface area contributed by atoms with Crippen LogP contribution in [0, 0.1) is 0 Å². The molecule has 8 heavy (non-hydrogen) atoms. The Labute approximate surface area is 51.0 Å². The van der Waals surface area contributed by atoms with Gasteiger partial charge in [-0.05, 0) is 26.3 Å². The summed E-state index contributed by atoms with van der Waals surface area (Å²) in [7, 11) is 0. The molecule has 1 heteroatoms. The summed E-state index contributed by atoms with van der Waals surface area (Å²) in [6.07, 6.45) is 2.21.